The number of carbonyl (C=O) groups excluding carboxylic acids is 1. The summed E-state index contributed by atoms with van der Waals surface area (Å²) in [5, 5.41) is 13.6. The van der Waals surface area contributed by atoms with Gasteiger partial charge in [0.15, 0.2) is 0 Å². The molecule has 0 aliphatic heterocycles. The molecule has 3 aromatic carbocycles. The van der Waals surface area contributed by atoms with E-state index in [2.05, 4.69) is 5.32 Å². The third kappa shape index (κ3) is 3.88. The third-order valence-electron chi connectivity index (χ3n) is 5.29. The number of aromatic nitrogens is 1. The van der Waals surface area contributed by atoms with E-state index in [4.69, 9.17) is 0 Å². The molecule has 0 aliphatic rings. The van der Waals surface area contributed by atoms with Gasteiger partial charge in [-0.15, -0.1) is 0 Å². The maximum atomic E-state index is 13.0. The van der Waals surface area contributed by atoms with E-state index < -0.39 is 11.7 Å². The number of rotatable bonds is 4. The Bertz CT molecular complexity index is 1270. The Morgan fingerprint density at radius 3 is 2.23 bits per heavy atom. The van der Waals surface area contributed by atoms with Gasteiger partial charge in [-0.25, -0.2) is 0 Å². The van der Waals surface area contributed by atoms with Crippen LogP contribution in [-0.4, -0.2) is 28.2 Å². The predicted octanol–water partition coefficient (Wildman–Crippen LogP) is 5.22. The number of hydrogen-bond donors (Lipinski definition) is 2. The van der Waals surface area contributed by atoms with Gasteiger partial charge in [-0.1, -0.05) is 11.6 Å². The van der Waals surface area contributed by atoms with Gasteiger partial charge in [0.1, 0.15) is 0 Å². The fraction of sp³-hybridized carbons (Fsp3) is 0.208. The topological polar surface area (TPSA) is 54.3 Å². The maximum Gasteiger partial charge on any atom is 0.416 e. The predicted molar refractivity (Wildman–Crippen MR) is 115 cm³/mol. The van der Waals surface area contributed by atoms with Gasteiger partial charge in [-0.3, -0.25) is 4.79 Å². The van der Waals surface area contributed by atoms with Crippen molar-refractivity contribution in [2.75, 3.05) is 6.61 Å². The summed E-state index contributed by atoms with van der Waals surface area (Å²) in [7, 11) is 0. The van der Waals surface area contributed by atoms with E-state index in [9.17, 15) is 23.1 Å². The van der Waals surface area contributed by atoms with Gasteiger partial charge >= 0.3 is 6.18 Å². The fourth-order valence-corrected chi connectivity index (χ4v) is 3.71. The number of aliphatic hydroxyl groups excluding tert-OH is 1. The Morgan fingerprint density at radius 1 is 1.00 bits per heavy atom. The van der Waals surface area contributed by atoms with E-state index in [0.717, 1.165) is 39.5 Å². The molecule has 0 unspecified atom stereocenters. The minimum Gasteiger partial charge on any atom is -0.394 e. The third-order valence-corrected chi connectivity index (χ3v) is 5.29. The van der Waals surface area contributed by atoms with Crippen molar-refractivity contribution in [2.24, 2.45) is 0 Å². The van der Waals surface area contributed by atoms with Crippen molar-refractivity contribution >= 4 is 27.7 Å². The van der Waals surface area contributed by atoms with Gasteiger partial charge in [-0.2, -0.15) is 13.2 Å². The molecule has 1 aromatic heterocycles. The minimum absolute atomic E-state index is 0.166. The first-order valence-electron chi connectivity index (χ1n) is 9.83. The molecule has 2 N–H and O–H groups in total. The van der Waals surface area contributed by atoms with Gasteiger partial charge in [0.25, 0.3) is 5.91 Å². The Hall–Kier alpha value is -3.32. The molecule has 1 atom stereocenters. The zero-order valence-electron chi connectivity index (χ0n) is 17.0. The summed E-state index contributed by atoms with van der Waals surface area (Å²) in [5.41, 5.74) is 2.99. The number of fused-ring (bicyclic) bond motifs is 3. The number of carbonyl (C=O) groups is 1. The van der Waals surface area contributed by atoms with Crippen molar-refractivity contribution in [3.05, 3.63) is 77.4 Å². The van der Waals surface area contributed by atoms with Crippen LogP contribution >= 0.6 is 0 Å². The second-order valence-electron chi connectivity index (χ2n) is 7.69. The Balaban J connectivity index is 1.90. The van der Waals surface area contributed by atoms with Gasteiger partial charge in [0.05, 0.1) is 23.2 Å². The normalized spacial score (nSPS) is 13.0. The molecule has 0 bridgehead atoms. The summed E-state index contributed by atoms with van der Waals surface area (Å²) in [6.45, 7) is 3.50. The molecule has 4 nitrogen and oxygen atoms in total. The minimum atomic E-state index is -4.40. The molecule has 0 aliphatic carbocycles. The van der Waals surface area contributed by atoms with Gasteiger partial charge in [-0.05, 0) is 68.4 Å². The molecule has 1 heterocycles. The second kappa shape index (κ2) is 7.74. The van der Waals surface area contributed by atoms with Gasteiger partial charge in [0, 0.05) is 28.1 Å². The van der Waals surface area contributed by atoms with Crippen LogP contribution in [0.4, 0.5) is 13.2 Å². The fourth-order valence-electron chi connectivity index (χ4n) is 3.71. The first-order valence-corrected chi connectivity index (χ1v) is 9.83. The van der Waals surface area contributed by atoms with Crippen molar-refractivity contribution in [3.63, 3.8) is 0 Å². The molecule has 0 saturated carbocycles. The van der Waals surface area contributed by atoms with Crippen LogP contribution in [0.15, 0.2) is 60.7 Å². The highest BCUT2D eigenvalue weighted by Gasteiger charge is 2.30. The van der Waals surface area contributed by atoms with Crippen LogP contribution in [0.1, 0.15) is 28.4 Å². The first kappa shape index (κ1) is 20.9. The Kier molecular flexibility index (Phi) is 5.23. The van der Waals surface area contributed by atoms with Crippen molar-refractivity contribution in [1.29, 1.82) is 0 Å². The summed E-state index contributed by atoms with van der Waals surface area (Å²) in [6.07, 6.45) is -4.40. The summed E-state index contributed by atoms with van der Waals surface area (Å²) in [5.74, 6) is -0.300. The Labute approximate surface area is 176 Å². The SMILES string of the molecule is Cc1ccc2c(c1)c1cc(C(=O)N[C@@H](C)CO)ccc1n2-c1ccc(C(F)(F)F)cc1. The second-order valence-corrected chi connectivity index (χ2v) is 7.69. The van der Waals surface area contributed by atoms with Gasteiger partial charge in [0.2, 0.25) is 0 Å². The molecule has 4 rings (SSSR count). The number of alkyl halides is 3. The van der Waals surface area contributed by atoms with Gasteiger partial charge < -0.3 is 15.0 Å². The zero-order chi connectivity index (χ0) is 22.3. The van der Waals surface area contributed by atoms with E-state index in [1.165, 1.54) is 12.1 Å². The highest BCUT2D eigenvalue weighted by atomic mass is 19.4. The Morgan fingerprint density at radius 2 is 1.61 bits per heavy atom. The number of hydrogen-bond acceptors (Lipinski definition) is 2. The number of nitrogens with zero attached hydrogens (tertiary/aromatic N) is 1. The van der Waals surface area contributed by atoms with Crippen molar-refractivity contribution in [2.45, 2.75) is 26.1 Å². The molecule has 7 heteroatoms. The van der Waals surface area contributed by atoms with Crippen molar-refractivity contribution in [3.8, 4) is 5.69 Å². The highest BCUT2D eigenvalue weighted by Crippen LogP contribution is 2.35. The van der Waals surface area contributed by atoms with Crippen LogP contribution in [0.5, 0.6) is 0 Å². The largest absolute Gasteiger partial charge is 0.416 e. The zero-order valence-corrected chi connectivity index (χ0v) is 17.0. The average Bonchev–Trinajstić information content (AvgIpc) is 3.06. The van der Waals surface area contributed by atoms with E-state index in [0.29, 0.717) is 11.3 Å². The molecule has 31 heavy (non-hydrogen) atoms. The van der Waals surface area contributed by atoms with E-state index >= 15 is 0 Å². The number of amides is 1. The molecular formula is C24H21F3N2O2. The van der Waals surface area contributed by atoms with Crippen LogP contribution < -0.4 is 5.32 Å². The van der Waals surface area contributed by atoms with Crippen molar-refractivity contribution in [1.82, 2.24) is 9.88 Å². The van der Waals surface area contributed by atoms with Crippen LogP contribution in [0.25, 0.3) is 27.5 Å². The molecule has 0 fully saturated rings. The number of benzene rings is 3. The van der Waals surface area contributed by atoms with Crippen molar-refractivity contribution < 1.29 is 23.1 Å². The molecule has 160 valence electrons. The average molecular weight is 426 g/mol. The lowest BCUT2D eigenvalue weighted by atomic mass is 10.1. The molecule has 4 aromatic rings. The molecule has 0 radical (unpaired) electrons. The number of aliphatic hydroxyl groups is 1. The number of halogens is 3. The highest BCUT2D eigenvalue weighted by molar-refractivity contribution is 6.11. The molecular weight excluding hydrogens is 405 g/mol. The summed E-state index contributed by atoms with van der Waals surface area (Å²) in [6, 6.07) is 15.8. The lowest BCUT2D eigenvalue weighted by Crippen LogP contribution is -2.34. The molecule has 0 saturated heterocycles. The number of nitrogens with one attached hydrogen (secondary N) is 1. The van der Waals surface area contributed by atoms with Crippen LogP contribution in [-0.2, 0) is 6.18 Å². The standard InChI is InChI=1S/C24H21F3N2O2/c1-14-3-9-21-19(11-14)20-12-16(23(31)28-15(2)13-30)4-10-22(20)29(21)18-7-5-17(6-8-18)24(25,26)27/h3-12,15,30H,13H2,1-2H3,(H,28,31)/t15-/m0/s1. The lowest BCUT2D eigenvalue weighted by molar-refractivity contribution is -0.137. The molecule has 0 spiro atoms. The van der Waals surface area contributed by atoms with Crippen LogP contribution in [0, 0.1) is 6.92 Å². The lowest BCUT2D eigenvalue weighted by Gasteiger charge is -2.12. The number of aryl methyl sites for hydroxylation is 1. The van der Waals surface area contributed by atoms with Crippen LogP contribution in [0.2, 0.25) is 0 Å². The maximum absolute atomic E-state index is 13.0. The van der Waals surface area contributed by atoms with E-state index in [-0.39, 0.29) is 18.6 Å². The summed E-state index contributed by atoms with van der Waals surface area (Å²) in [4.78, 5) is 12.5. The van der Waals surface area contributed by atoms with E-state index in [1.807, 2.05) is 29.7 Å². The van der Waals surface area contributed by atoms with Crippen LogP contribution in [0.3, 0.4) is 0 Å². The first-order chi connectivity index (χ1) is 14.7. The summed E-state index contributed by atoms with van der Waals surface area (Å²) >= 11 is 0. The summed E-state index contributed by atoms with van der Waals surface area (Å²) < 4.78 is 40.9. The smallest absolute Gasteiger partial charge is 0.394 e. The monoisotopic (exact) mass is 426 g/mol. The molecule has 1 amide bonds. The van der Waals surface area contributed by atoms with E-state index in [1.54, 1.807) is 25.1 Å². The quantitative estimate of drug-likeness (QED) is 0.470.